The molecule has 1 aliphatic rings. The molecular weight excluding hydrogens is 256 g/mol. The van der Waals surface area contributed by atoms with Crippen molar-refractivity contribution in [3.05, 3.63) is 23.8 Å². The van der Waals surface area contributed by atoms with E-state index < -0.39 is 6.10 Å². The number of carbonyl (C=O) groups excluding carboxylic acids is 1. The van der Waals surface area contributed by atoms with Crippen molar-refractivity contribution in [3.63, 3.8) is 0 Å². The predicted octanol–water partition coefficient (Wildman–Crippen LogP) is 1.76. The Morgan fingerprint density at radius 3 is 2.90 bits per heavy atom. The highest BCUT2D eigenvalue weighted by Gasteiger charge is 2.24. The Balaban J connectivity index is 2.23. The van der Waals surface area contributed by atoms with Gasteiger partial charge in [-0.1, -0.05) is 6.07 Å². The summed E-state index contributed by atoms with van der Waals surface area (Å²) in [6.07, 6.45) is 2.23. The maximum Gasteiger partial charge on any atom is 0.261 e. The fraction of sp³-hybridized carbons (Fsp3) is 0.533. The van der Waals surface area contributed by atoms with Crippen LogP contribution in [0.4, 0.5) is 0 Å². The van der Waals surface area contributed by atoms with E-state index in [1.807, 2.05) is 19.1 Å². The summed E-state index contributed by atoms with van der Waals surface area (Å²) in [5, 5.41) is 2.87. The molecule has 1 aromatic carbocycles. The molecule has 1 amide bonds. The summed E-state index contributed by atoms with van der Waals surface area (Å²) in [5.74, 6) is 1.26. The molecule has 0 spiro atoms. The number of nitrogens with one attached hydrogen (secondary N) is 1. The van der Waals surface area contributed by atoms with Gasteiger partial charge in [0, 0.05) is 24.2 Å². The Bertz CT molecular complexity index is 474. The molecule has 110 valence electrons. The van der Waals surface area contributed by atoms with Crippen molar-refractivity contribution in [2.75, 3.05) is 13.7 Å². The number of benzene rings is 1. The second-order valence-electron chi connectivity index (χ2n) is 5.09. The van der Waals surface area contributed by atoms with Crippen molar-refractivity contribution in [1.82, 2.24) is 5.32 Å². The first-order valence-corrected chi connectivity index (χ1v) is 6.99. The summed E-state index contributed by atoms with van der Waals surface area (Å²) in [5.41, 5.74) is 6.83. The van der Waals surface area contributed by atoms with Crippen LogP contribution >= 0.6 is 0 Å². The summed E-state index contributed by atoms with van der Waals surface area (Å²) in [4.78, 5) is 12.0. The van der Waals surface area contributed by atoms with Crippen LogP contribution in [0.1, 0.15) is 37.8 Å². The van der Waals surface area contributed by atoms with E-state index in [1.54, 1.807) is 13.2 Å². The second kappa shape index (κ2) is 6.61. The van der Waals surface area contributed by atoms with Crippen LogP contribution in [0, 0.1) is 0 Å². The average molecular weight is 278 g/mol. The van der Waals surface area contributed by atoms with Gasteiger partial charge >= 0.3 is 0 Å². The van der Waals surface area contributed by atoms with Crippen LogP contribution in [-0.2, 0) is 4.79 Å². The molecule has 1 aliphatic heterocycles. The maximum absolute atomic E-state index is 12.0. The molecule has 1 heterocycles. The van der Waals surface area contributed by atoms with Gasteiger partial charge in [0.1, 0.15) is 11.5 Å². The van der Waals surface area contributed by atoms with E-state index >= 15 is 0 Å². The van der Waals surface area contributed by atoms with E-state index in [4.69, 9.17) is 15.2 Å². The molecule has 0 saturated carbocycles. The zero-order valence-corrected chi connectivity index (χ0v) is 12.0. The molecule has 3 N–H and O–H groups in total. The summed E-state index contributed by atoms with van der Waals surface area (Å²) in [6.45, 7) is 2.61. The monoisotopic (exact) mass is 278 g/mol. The summed E-state index contributed by atoms with van der Waals surface area (Å²) < 4.78 is 11.1. The van der Waals surface area contributed by atoms with Gasteiger partial charge in [-0.3, -0.25) is 4.79 Å². The lowest BCUT2D eigenvalue weighted by molar-refractivity contribution is -0.127. The van der Waals surface area contributed by atoms with Crippen molar-refractivity contribution >= 4 is 5.91 Å². The van der Waals surface area contributed by atoms with E-state index in [0.29, 0.717) is 11.5 Å². The molecular formula is C15H22N2O3. The lowest BCUT2D eigenvalue weighted by Crippen LogP contribution is -2.36. The molecule has 1 unspecified atom stereocenters. The Morgan fingerprint density at radius 1 is 1.40 bits per heavy atom. The van der Waals surface area contributed by atoms with E-state index in [0.717, 1.165) is 31.4 Å². The van der Waals surface area contributed by atoms with Gasteiger partial charge in [-0.25, -0.2) is 0 Å². The maximum atomic E-state index is 12.0. The fourth-order valence-corrected chi connectivity index (χ4v) is 2.30. The minimum absolute atomic E-state index is 0.0547. The van der Waals surface area contributed by atoms with Crippen molar-refractivity contribution in [2.45, 2.75) is 38.3 Å². The molecule has 5 heteroatoms. The zero-order chi connectivity index (χ0) is 14.5. The first-order chi connectivity index (χ1) is 9.61. The first-order valence-electron chi connectivity index (χ1n) is 6.99. The molecule has 2 rings (SSSR count). The number of methoxy groups -OCH3 is 1. The second-order valence-corrected chi connectivity index (χ2v) is 5.09. The summed E-state index contributed by atoms with van der Waals surface area (Å²) >= 11 is 0. The third-order valence-corrected chi connectivity index (χ3v) is 3.47. The SMILES string of the molecule is COc1ccc([C@H](C)N)c(OC2CCCCNC2=O)c1. The number of hydrogen-bond acceptors (Lipinski definition) is 4. The molecule has 2 atom stereocenters. The minimum atomic E-state index is -0.456. The Morgan fingerprint density at radius 2 is 2.20 bits per heavy atom. The smallest absolute Gasteiger partial charge is 0.261 e. The lowest BCUT2D eigenvalue weighted by atomic mass is 10.1. The van der Waals surface area contributed by atoms with Crippen LogP contribution in [0.2, 0.25) is 0 Å². The topological polar surface area (TPSA) is 73.6 Å². The van der Waals surface area contributed by atoms with E-state index in [2.05, 4.69) is 5.32 Å². The van der Waals surface area contributed by atoms with E-state index in [9.17, 15) is 4.79 Å². The molecule has 0 aliphatic carbocycles. The highest BCUT2D eigenvalue weighted by atomic mass is 16.5. The third kappa shape index (κ3) is 3.42. The van der Waals surface area contributed by atoms with Gasteiger partial charge in [0.05, 0.1) is 7.11 Å². The van der Waals surface area contributed by atoms with Crippen LogP contribution in [0.3, 0.4) is 0 Å². The molecule has 5 nitrogen and oxygen atoms in total. The highest BCUT2D eigenvalue weighted by Crippen LogP contribution is 2.30. The predicted molar refractivity (Wildman–Crippen MR) is 76.9 cm³/mol. The molecule has 1 fully saturated rings. The number of amides is 1. The Hall–Kier alpha value is -1.75. The molecule has 1 saturated heterocycles. The normalized spacial score (nSPS) is 20.8. The third-order valence-electron chi connectivity index (χ3n) is 3.47. The van der Waals surface area contributed by atoms with Crippen molar-refractivity contribution < 1.29 is 14.3 Å². The summed E-state index contributed by atoms with van der Waals surface area (Å²) in [6, 6.07) is 5.35. The zero-order valence-electron chi connectivity index (χ0n) is 12.0. The number of carbonyl (C=O) groups is 1. The minimum Gasteiger partial charge on any atom is -0.497 e. The van der Waals surface area contributed by atoms with Crippen molar-refractivity contribution in [1.29, 1.82) is 0 Å². The Labute approximate surface area is 119 Å². The van der Waals surface area contributed by atoms with Gasteiger partial charge < -0.3 is 20.5 Å². The highest BCUT2D eigenvalue weighted by molar-refractivity contribution is 5.81. The van der Waals surface area contributed by atoms with Crippen molar-refractivity contribution in [2.24, 2.45) is 5.73 Å². The van der Waals surface area contributed by atoms with E-state index in [1.165, 1.54) is 0 Å². The molecule has 0 radical (unpaired) electrons. The van der Waals surface area contributed by atoms with Gasteiger partial charge in [0.2, 0.25) is 0 Å². The largest absolute Gasteiger partial charge is 0.497 e. The van der Waals surface area contributed by atoms with Crippen LogP contribution in [0.5, 0.6) is 11.5 Å². The van der Waals surface area contributed by atoms with Gasteiger partial charge in [0.25, 0.3) is 5.91 Å². The lowest BCUT2D eigenvalue weighted by Gasteiger charge is -2.20. The average Bonchev–Trinajstić information content (AvgIpc) is 2.64. The van der Waals surface area contributed by atoms with Crippen LogP contribution < -0.4 is 20.5 Å². The standard InChI is InChI=1S/C15H22N2O3/c1-10(16)12-7-6-11(19-2)9-14(12)20-13-5-3-4-8-17-15(13)18/h6-7,9-10,13H,3-5,8,16H2,1-2H3,(H,17,18)/t10-,13?/m0/s1. The van der Waals surface area contributed by atoms with Crippen LogP contribution in [-0.4, -0.2) is 25.7 Å². The number of nitrogens with two attached hydrogens (primary N) is 1. The molecule has 1 aromatic rings. The van der Waals surface area contributed by atoms with Gasteiger partial charge in [-0.15, -0.1) is 0 Å². The summed E-state index contributed by atoms with van der Waals surface area (Å²) in [7, 11) is 1.60. The Kier molecular flexibility index (Phi) is 4.84. The molecule has 20 heavy (non-hydrogen) atoms. The number of rotatable bonds is 4. The molecule has 0 aromatic heterocycles. The van der Waals surface area contributed by atoms with Gasteiger partial charge in [0.15, 0.2) is 6.10 Å². The van der Waals surface area contributed by atoms with Crippen molar-refractivity contribution in [3.8, 4) is 11.5 Å². The van der Waals surface area contributed by atoms with Gasteiger partial charge in [-0.2, -0.15) is 0 Å². The number of hydrogen-bond donors (Lipinski definition) is 2. The van der Waals surface area contributed by atoms with Gasteiger partial charge in [-0.05, 0) is 32.3 Å². The van der Waals surface area contributed by atoms with Crippen LogP contribution in [0.15, 0.2) is 18.2 Å². The van der Waals surface area contributed by atoms with Crippen LogP contribution in [0.25, 0.3) is 0 Å². The first kappa shape index (κ1) is 14.7. The quantitative estimate of drug-likeness (QED) is 0.880. The number of ether oxygens (including phenoxy) is 2. The fourth-order valence-electron chi connectivity index (χ4n) is 2.30. The molecule has 0 bridgehead atoms. The van der Waals surface area contributed by atoms with E-state index in [-0.39, 0.29) is 11.9 Å².